The highest BCUT2D eigenvalue weighted by Crippen LogP contribution is 2.49. The van der Waals surface area contributed by atoms with Crippen LogP contribution < -0.4 is 20.3 Å². The van der Waals surface area contributed by atoms with E-state index in [1.165, 1.54) is 37.0 Å². The number of carbonyl (C=O) groups is 4. The number of anilines is 2. The number of methoxy groups -OCH3 is 1. The number of aromatic amines is 2. The Labute approximate surface area is 462 Å². The number of H-pyrrole nitrogens is 2. The molecule has 4 saturated heterocycles. The Hall–Kier alpha value is -7.02. The average molecular weight is 1100 g/mol. The minimum atomic E-state index is -1.45. The predicted molar refractivity (Wildman–Crippen MR) is 305 cm³/mol. The molecule has 0 unspecified atom stereocenters. The van der Waals surface area contributed by atoms with E-state index in [0.717, 1.165) is 58.3 Å². The van der Waals surface area contributed by atoms with Crippen LogP contribution in [0, 0.1) is 23.5 Å². The van der Waals surface area contributed by atoms with Crippen LogP contribution in [0.2, 0.25) is 19.6 Å². The molecule has 420 valence electrons. The summed E-state index contributed by atoms with van der Waals surface area (Å²) in [6.07, 6.45) is 3.95. The largest absolute Gasteiger partial charge is 0.465 e. The van der Waals surface area contributed by atoms with Crippen LogP contribution in [0.3, 0.4) is 0 Å². The number of hydrogen-bond acceptors (Lipinski definition) is 9. The number of benzene rings is 4. The summed E-state index contributed by atoms with van der Waals surface area (Å²) in [6, 6.07) is 21.1. The van der Waals surface area contributed by atoms with Crippen molar-refractivity contribution in [1.29, 1.82) is 0 Å². The van der Waals surface area contributed by atoms with Crippen LogP contribution in [0.25, 0.3) is 22.1 Å². The van der Waals surface area contributed by atoms with Crippen molar-refractivity contribution in [3.8, 4) is 0 Å². The van der Waals surface area contributed by atoms with Crippen molar-refractivity contribution in [1.82, 2.24) is 40.0 Å². The molecule has 0 radical (unpaired) electrons. The zero-order valence-corrected chi connectivity index (χ0v) is 48.0. The summed E-state index contributed by atoms with van der Waals surface area (Å²) in [5.74, 6) is -0.512. The summed E-state index contributed by atoms with van der Waals surface area (Å²) >= 11 is 0. The minimum absolute atomic E-state index is 0.00427. The number of alkyl carbamates (subject to hydrolysis) is 1. The number of rotatable bonds is 14. The Kier molecular flexibility index (Phi) is 15.6. The molecule has 4 aromatic carbocycles. The van der Waals surface area contributed by atoms with Crippen molar-refractivity contribution in [3.05, 3.63) is 113 Å². The quantitative estimate of drug-likeness (QED) is 0.0766. The van der Waals surface area contributed by atoms with Crippen molar-refractivity contribution >= 4 is 70.7 Å². The number of likely N-dealkylation sites (tertiary alicyclic amines) is 2. The Balaban J connectivity index is 0.961. The van der Waals surface area contributed by atoms with E-state index < -0.39 is 44.0 Å². The van der Waals surface area contributed by atoms with Crippen LogP contribution in [0.1, 0.15) is 137 Å². The number of aromatic nitrogens is 4. The molecule has 6 aromatic rings. The van der Waals surface area contributed by atoms with Crippen molar-refractivity contribution in [2.24, 2.45) is 11.8 Å². The maximum atomic E-state index is 17.0. The number of ether oxygens (including phenoxy) is 1. The number of hydrogen-bond donors (Lipinski definition) is 4. The third-order valence-electron chi connectivity index (χ3n) is 17.3. The summed E-state index contributed by atoms with van der Waals surface area (Å²) in [5, 5.41) is 14.0. The molecule has 0 spiro atoms. The van der Waals surface area contributed by atoms with Gasteiger partial charge in [0.05, 0.1) is 61.4 Å². The number of halogens is 2. The Bertz CT molecular complexity index is 3220. The lowest BCUT2D eigenvalue weighted by molar-refractivity contribution is -0.138. The molecule has 6 heterocycles. The molecule has 0 aliphatic carbocycles. The lowest BCUT2D eigenvalue weighted by atomic mass is 9.89. The number of carboxylic acid groups (broad SMARTS) is 1. The number of piperidine rings is 1. The molecule has 0 saturated carbocycles. The van der Waals surface area contributed by atoms with E-state index in [9.17, 15) is 24.3 Å². The van der Waals surface area contributed by atoms with Gasteiger partial charge in [0.1, 0.15) is 29.4 Å². The lowest BCUT2D eigenvalue weighted by Crippen LogP contribution is -2.51. The maximum absolute atomic E-state index is 17.0. The number of nitrogens with zero attached hydrogens (tertiary/aromatic N) is 7. The standard InChI is InChI=1S/C60H76F2N10O6Si/c1-34(2)52(67-59(75)78-6)57(73)70-26-10-12-50(70)55-63-44-20-16-38(30-46(44)65-55)48-22-23-49(39-17-21-45-47(31-39)66-56(64-45)51-13-11-27-71(51)58(74)53(35(3)4)68(5)60(76)77)72(48)40-32-42(61)54(43(62)33-40)69-28-24-37(25-29-69)36-14-18-41(19-15-36)79(7,8)9/h14-21,30-35,37,48-53H,10-13,22-29H2,1-9H3,(H,63,65)(H,64,66)(H,67,75)(H,76,77)/t48-,49-,50+,51+,52+,53+/m1/s1. The van der Waals surface area contributed by atoms with Crippen LogP contribution in [-0.2, 0) is 14.3 Å². The van der Waals surface area contributed by atoms with Gasteiger partial charge in [-0.15, -0.1) is 0 Å². The van der Waals surface area contributed by atoms with E-state index in [1.807, 2.05) is 56.9 Å². The first-order chi connectivity index (χ1) is 37.7. The van der Waals surface area contributed by atoms with Crippen molar-refractivity contribution in [2.45, 2.75) is 141 Å². The van der Waals surface area contributed by atoms with Gasteiger partial charge in [0.2, 0.25) is 11.8 Å². The molecule has 4 amide bonds. The summed E-state index contributed by atoms with van der Waals surface area (Å²) in [7, 11) is 1.26. The average Bonchev–Trinajstić information content (AvgIpc) is 4.51. The summed E-state index contributed by atoms with van der Waals surface area (Å²) in [4.78, 5) is 78.1. The molecule has 10 rings (SSSR count). The van der Waals surface area contributed by atoms with Crippen molar-refractivity contribution in [3.63, 3.8) is 0 Å². The molecule has 4 aliphatic rings. The molecule has 79 heavy (non-hydrogen) atoms. The van der Waals surface area contributed by atoms with Gasteiger partial charge in [0, 0.05) is 38.9 Å². The predicted octanol–water partition coefficient (Wildman–Crippen LogP) is 11.1. The SMILES string of the molecule is COC(=O)N[C@H](C(=O)N1CCC[C@H]1c1nc2ccc([C@H]3CC[C@H](c4ccc5nc([C@@H]6CCCN6C(=O)[C@H](C(C)C)N(C)C(=O)O)[nH]c5c4)N3c3cc(F)c(N4CCC(c5ccc([Si](C)(C)C)cc5)CC4)c(F)c3)cc2[nH]1)C(C)C. The molecule has 0 bridgehead atoms. The van der Waals surface area contributed by atoms with Crippen LogP contribution in [0.15, 0.2) is 72.8 Å². The third kappa shape index (κ3) is 10.9. The highest BCUT2D eigenvalue weighted by molar-refractivity contribution is 6.88. The van der Waals surface area contributed by atoms with E-state index >= 15 is 8.78 Å². The summed E-state index contributed by atoms with van der Waals surface area (Å²) in [5.41, 5.74) is 6.50. The van der Waals surface area contributed by atoms with E-state index in [0.29, 0.717) is 80.6 Å². The number of amides is 4. The van der Waals surface area contributed by atoms with Gasteiger partial charge in [-0.05, 0) is 122 Å². The molecule has 6 atom stereocenters. The topological polar surface area (TPSA) is 183 Å². The van der Waals surface area contributed by atoms with E-state index in [2.05, 4.69) is 76.2 Å². The van der Waals surface area contributed by atoms with Crippen LogP contribution in [-0.4, -0.2) is 124 Å². The zero-order chi connectivity index (χ0) is 56.2. The summed E-state index contributed by atoms with van der Waals surface area (Å²) in [6.45, 7) is 16.5. The second kappa shape index (κ2) is 22.3. The normalized spacial score (nSPS) is 21.0. The van der Waals surface area contributed by atoms with Crippen molar-refractivity contribution in [2.75, 3.05) is 50.1 Å². The first-order valence-corrected chi connectivity index (χ1v) is 31.7. The Morgan fingerprint density at radius 1 is 0.684 bits per heavy atom. The molecule has 4 fully saturated rings. The fourth-order valence-electron chi connectivity index (χ4n) is 13.0. The van der Waals surface area contributed by atoms with Crippen LogP contribution in [0.5, 0.6) is 0 Å². The molecule has 2 aromatic heterocycles. The molecule has 4 N–H and O–H groups in total. The Morgan fingerprint density at radius 3 is 1.66 bits per heavy atom. The fraction of sp³-hybridized carbons (Fsp3) is 0.500. The first-order valence-electron chi connectivity index (χ1n) is 28.2. The number of imidazole rings is 2. The second-order valence-electron chi connectivity index (χ2n) is 24.0. The molecule has 16 nitrogen and oxygen atoms in total. The maximum Gasteiger partial charge on any atom is 0.407 e. The minimum Gasteiger partial charge on any atom is -0.465 e. The van der Waals surface area contributed by atoms with E-state index in [-0.39, 0.29) is 53.5 Å². The summed E-state index contributed by atoms with van der Waals surface area (Å²) < 4.78 is 38.8. The number of fused-ring (bicyclic) bond motifs is 2. The van der Waals surface area contributed by atoms with Gasteiger partial charge in [0.15, 0.2) is 11.6 Å². The Morgan fingerprint density at radius 2 is 1.19 bits per heavy atom. The number of nitrogens with one attached hydrogen (secondary N) is 3. The van der Waals surface area contributed by atoms with Crippen LogP contribution >= 0.6 is 0 Å². The zero-order valence-electron chi connectivity index (χ0n) is 47.0. The molecular weight excluding hydrogens is 1020 g/mol. The lowest BCUT2D eigenvalue weighted by Gasteiger charge is -2.36. The highest BCUT2D eigenvalue weighted by Gasteiger charge is 2.42. The van der Waals surface area contributed by atoms with E-state index in [4.69, 9.17) is 14.7 Å². The molecule has 19 heteroatoms. The number of likely N-dealkylation sites (N-methyl/N-ethyl adjacent to an activating group) is 1. The third-order valence-corrected chi connectivity index (χ3v) is 19.3. The monoisotopic (exact) mass is 1100 g/mol. The van der Waals surface area contributed by atoms with Gasteiger partial charge in [0.25, 0.3) is 0 Å². The smallest absolute Gasteiger partial charge is 0.407 e. The van der Waals surface area contributed by atoms with Gasteiger partial charge in [-0.25, -0.2) is 28.3 Å². The van der Waals surface area contributed by atoms with Crippen LogP contribution in [0.4, 0.5) is 29.7 Å². The first kappa shape index (κ1) is 55.3. The van der Waals surface area contributed by atoms with Gasteiger partial charge in [-0.2, -0.15) is 0 Å². The number of carbonyl (C=O) groups excluding carboxylic acids is 3. The molecule has 4 aliphatic heterocycles. The fourth-order valence-corrected chi connectivity index (χ4v) is 14.2. The molecular formula is C60H76F2N10O6Si. The van der Waals surface area contributed by atoms with Gasteiger partial charge in [-0.1, -0.05) is 88.9 Å². The van der Waals surface area contributed by atoms with Gasteiger partial charge in [-0.3, -0.25) is 14.5 Å². The second-order valence-corrected chi connectivity index (χ2v) is 29.1. The van der Waals surface area contributed by atoms with Crippen molar-refractivity contribution < 1.29 is 37.8 Å². The van der Waals surface area contributed by atoms with Gasteiger partial charge >= 0.3 is 12.2 Å². The van der Waals surface area contributed by atoms with Gasteiger partial charge < -0.3 is 44.7 Å². The highest BCUT2D eigenvalue weighted by atomic mass is 28.3. The van der Waals surface area contributed by atoms with E-state index in [1.54, 1.807) is 9.80 Å².